The average molecular weight is 266 g/mol. The smallest absolute Gasteiger partial charge is 0.181 e. The lowest BCUT2D eigenvalue weighted by Gasteiger charge is -2.17. The lowest BCUT2D eigenvalue weighted by molar-refractivity contribution is -0.0375. The molecule has 2 nitrogen and oxygen atoms in total. The van der Waals surface area contributed by atoms with Gasteiger partial charge in [-0.05, 0) is 23.6 Å². The highest BCUT2D eigenvalue weighted by Gasteiger charge is 2.38. The van der Waals surface area contributed by atoms with E-state index in [-0.39, 0.29) is 18.5 Å². The number of hydrogen-bond acceptors (Lipinski definition) is 2. The predicted octanol–water partition coefficient (Wildman–Crippen LogP) is 4.42. The molecular weight excluding hydrogens is 248 g/mol. The van der Waals surface area contributed by atoms with Gasteiger partial charge in [0, 0.05) is 0 Å². The first kappa shape index (κ1) is 13.1. The molecule has 1 saturated heterocycles. The Morgan fingerprint density at radius 2 is 1.20 bits per heavy atom. The van der Waals surface area contributed by atoms with Gasteiger partial charge in [0.25, 0.3) is 0 Å². The molecule has 0 aromatic heterocycles. The largest absolute Gasteiger partial charge is 0.338 e. The molecule has 1 aliphatic rings. The molecule has 0 unspecified atom stereocenters. The topological polar surface area (TPSA) is 18.5 Å². The molecule has 1 fully saturated rings. The van der Waals surface area contributed by atoms with E-state index in [4.69, 9.17) is 9.47 Å². The summed E-state index contributed by atoms with van der Waals surface area (Å²) in [6.07, 6.45) is -0.536. The monoisotopic (exact) mass is 266 g/mol. The molecule has 0 saturated carbocycles. The van der Waals surface area contributed by atoms with Gasteiger partial charge >= 0.3 is 0 Å². The fraction of sp³-hybridized carbons (Fsp3) is 0.222. The Hall–Kier alpha value is -1.90. The summed E-state index contributed by atoms with van der Waals surface area (Å²) in [5, 5.41) is 0. The van der Waals surface area contributed by atoms with Gasteiger partial charge in [0.2, 0.25) is 0 Å². The van der Waals surface area contributed by atoms with E-state index in [1.165, 1.54) is 0 Å². The van der Waals surface area contributed by atoms with Gasteiger partial charge in [0.1, 0.15) is 12.2 Å². The van der Waals surface area contributed by atoms with Gasteiger partial charge in [0.05, 0.1) is 0 Å². The molecule has 1 aliphatic heterocycles. The molecule has 0 amide bonds. The van der Waals surface area contributed by atoms with Gasteiger partial charge in [-0.2, -0.15) is 0 Å². The Morgan fingerprint density at radius 3 is 1.55 bits per heavy atom. The lowest BCUT2D eigenvalue weighted by atomic mass is 9.99. The molecule has 2 atom stereocenters. The minimum Gasteiger partial charge on any atom is -0.338 e. The molecule has 2 aromatic carbocycles. The van der Waals surface area contributed by atoms with Crippen LogP contribution in [0.15, 0.2) is 72.8 Å². The Labute approximate surface area is 119 Å². The summed E-state index contributed by atoms with van der Waals surface area (Å²) in [4.78, 5) is 0. The van der Waals surface area contributed by atoms with Crippen molar-refractivity contribution < 1.29 is 9.47 Å². The molecule has 0 spiro atoms. The van der Waals surface area contributed by atoms with Crippen molar-refractivity contribution in [2.75, 3.05) is 0 Å². The van der Waals surface area contributed by atoms with Crippen LogP contribution < -0.4 is 0 Å². The second-order valence-electron chi connectivity index (χ2n) is 5.11. The zero-order valence-electron chi connectivity index (χ0n) is 11.5. The molecule has 0 N–H and O–H groups in total. The van der Waals surface area contributed by atoms with Crippen molar-refractivity contribution in [2.24, 2.45) is 0 Å². The van der Waals surface area contributed by atoms with E-state index < -0.39 is 0 Å². The van der Waals surface area contributed by atoms with E-state index in [0.29, 0.717) is 0 Å². The predicted molar refractivity (Wildman–Crippen MR) is 79.1 cm³/mol. The van der Waals surface area contributed by atoms with Crippen LogP contribution in [0.1, 0.15) is 30.3 Å². The standard InChI is InChI=1S/C18H18O2/c1-13(2)18-19-16(14-9-5-3-6-10-14)17(20-18)15-11-7-4-8-12-15/h3-12,16-18H,1H2,2H3/t16-,17-/m1/s1. The molecule has 0 radical (unpaired) electrons. The molecule has 2 aromatic rings. The van der Waals surface area contributed by atoms with Gasteiger partial charge in [-0.25, -0.2) is 0 Å². The lowest BCUT2D eigenvalue weighted by Crippen LogP contribution is -2.08. The summed E-state index contributed by atoms with van der Waals surface area (Å²) in [6, 6.07) is 20.4. The Balaban J connectivity index is 1.95. The normalized spacial score (nSPS) is 22.9. The van der Waals surface area contributed by atoms with Crippen molar-refractivity contribution in [1.82, 2.24) is 0 Å². The molecule has 2 heteroatoms. The van der Waals surface area contributed by atoms with Crippen LogP contribution in [0.5, 0.6) is 0 Å². The van der Waals surface area contributed by atoms with Crippen molar-refractivity contribution in [3.63, 3.8) is 0 Å². The van der Waals surface area contributed by atoms with Crippen LogP contribution >= 0.6 is 0 Å². The van der Waals surface area contributed by atoms with Crippen molar-refractivity contribution in [3.8, 4) is 0 Å². The van der Waals surface area contributed by atoms with E-state index >= 15 is 0 Å². The highest BCUT2D eigenvalue weighted by molar-refractivity contribution is 5.26. The molecule has 20 heavy (non-hydrogen) atoms. The molecule has 3 rings (SSSR count). The SMILES string of the molecule is C=C(C)C1O[C@H](c2ccccc2)[C@@H](c2ccccc2)O1. The fourth-order valence-electron chi connectivity index (χ4n) is 2.47. The van der Waals surface area contributed by atoms with Gasteiger partial charge in [-0.3, -0.25) is 0 Å². The quantitative estimate of drug-likeness (QED) is 0.766. The Bertz CT molecular complexity index is 529. The zero-order valence-corrected chi connectivity index (χ0v) is 11.5. The maximum Gasteiger partial charge on any atom is 0.181 e. The van der Waals surface area contributed by atoms with Crippen LogP contribution in [-0.2, 0) is 9.47 Å². The third-order valence-electron chi connectivity index (χ3n) is 3.47. The first-order valence-electron chi connectivity index (χ1n) is 6.82. The summed E-state index contributed by atoms with van der Waals surface area (Å²) in [5.41, 5.74) is 3.15. The average Bonchev–Trinajstić information content (AvgIpc) is 2.94. The zero-order chi connectivity index (χ0) is 13.9. The number of hydrogen-bond donors (Lipinski definition) is 0. The molecule has 0 bridgehead atoms. The first-order valence-corrected chi connectivity index (χ1v) is 6.82. The fourth-order valence-corrected chi connectivity index (χ4v) is 2.47. The first-order chi connectivity index (χ1) is 9.75. The molecule has 1 heterocycles. The summed E-state index contributed by atoms with van der Waals surface area (Å²) < 4.78 is 12.1. The summed E-state index contributed by atoms with van der Waals surface area (Å²) >= 11 is 0. The highest BCUT2D eigenvalue weighted by Crippen LogP contribution is 2.43. The van der Waals surface area contributed by atoms with Crippen molar-refractivity contribution in [3.05, 3.63) is 83.9 Å². The number of benzene rings is 2. The van der Waals surface area contributed by atoms with E-state index in [2.05, 4.69) is 30.8 Å². The van der Waals surface area contributed by atoms with E-state index in [0.717, 1.165) is 16.7 Å². The van der Waals surface area contributed by atoms with Crippen LogP contribution in [0.4, 0.5) is 0 Å². The van der Waals surface area contributed by atoms with Crippen LogP contribution in [0.3, 0.4) is 0 Å². The minimum absolute atomic E-state index is 0.0969. The molecule has 102 valence electrons. The Morgan fingerprint density at radius 1 is 0.800 bits per heavy atom. The number of ether oxygens (including phenoxy) is 2. The number of rotatable bonds is 3. The summed E-state index contributed by atoms with van der Waals surface area (Å²) in [5.74, 6) is 0. The van der Waals surface area contributed by atoms with Gasteiger partial charge in [-0.15, -0.1) is 0 Å². The highest BCUT2D eigenvalue weighted by atomic mass is 16.7. The second-order valence-corrected chi connectivity index (χ2v) is 5.11. The molecule has 0 aliphatic carbocycles. The van der Waals surface area contributed by atoms with Crippen LogP contribution in [-0.4, -0.2) is 6.29 Å². The summed E-state index contributed by atoms with van der Waals surface area (Å²) in [7, 11) is 0. The van der Waals surface area contributed by atoms with Crippen molar-refractivity contribution in [1.29, 1.82) is 0 Å². The van der Waals surface area contributed by atoms with E-state index in [9.17, 15) is 0 Å². The maximum absolute atomic E-state index is 6.05. The van der Waals surface area contributed by atoms with Crippen LogP contribution in [0.25, 0.3) is 0 Å². The van der Waals surface area contributed by atoms with Gasteiger partial charge < -0.3 is 9.47 Å². The van der Waals surface area contributed by atoms with Crippen molar-refractivity contribution in [2.45, 2.75) is 25.4 Å². The van der Waals surface area contributed by atoms with Crippen molar-refractivity contribution >= 4 is 0 Å². The third-order valence-corrected chi connectivity index (χ3v) is 3.47. The van der Waals surface area contributed by atoms with Crippen LogP contribution in [0.2, 0.25) is 0 Å². The Kier molecular flexibility index (Phi) is 3.68. The maximum atomic E-state index is 6.05. The third kappa shape index (κ3) is 2.53. The second kappa shape index (κ2) is 5.61. The summed E-state index contributed by atoms with van der Waals surface area (Å²) in [6.45, 7) is 5.87. The van der Waals surface area contributed by atoms with Gasteiger partial charge in [-0.1, -0.05) is 67.2 Å². The minimum atomic E-state index is -0.342. The van der Waals surface area contributed by atoms with Gasteiger partial charge in [0.15, 0.2) is 6.29 Å². The molecular formula is C18H18O2. The van der Waals surface area contributed by atoms with E-state index in [1.807, 2.05) is 43.3 Å². The van der Waals surface area contributed by atoms with E-state index in [1.54, 1.807) is 0 Å². The van der Waals surface area contributed by atoms with Crippen LogP contribution in [0, 0.1) is 0 Å².